The number of hydrogen-bond donors (Lipinski definition) is 1. The molecule has 1 aliphatic rings. The number of benzene rings is 1. The zero-order valence-corrected chi connectivity index (χ0v) is 12.3. The van der Waals surface area contributed by atoms with E-state index >= 15 is 0 Å². The van der Waals surface area contributed by atoms with Gasteiger partial charge in [-0.3, -0.25) is 0 Å². The molecule has 0 amide bonds. The first-order chi connectivity index (χ1) is 9.24. The van der Waals surface area contributed by atoms with E-state index in [9.17, 15) is 0 Å². The van der Waals surface area contributed by atoms with Crippen molar-refractivity contribution >= 4 is 23.4 Å². The lowest BCUT2D eigenvalue weighted by molar-refractivity contribution is 0.500. The molecular formula is C14H16ClN3S. The van der Waals surface area contributed by atoms with E-state index in [1.807, 2.05) is 42.0 Å². The molecule has 0 aliphatic carbocycles. The average Bonchev–Trinajstić information content (AvgIpc) is 2.82. The molecular weight excluding hydrogens is 278 g/mol. The fourth-order valence-corrected chi connectivity index (χ4v) is 3.65. The molecule has 1 N–H and O–H groups in total. The molecule has 1 aromatic carbocycles. The first-order valence-corrected chi connectivity index (χ1v) is 7.71. The highest BCUT2D eigenvalue weighted by molar-refractivity contribution is 7.99. The summed E-state index contributed by atoms with van der Waals surface area (Å²) < 4.78 is 2.05. The maximum atomic E-state index is 6.12. The predicted octanol–water partition coefficient (Wildman–Crippen LogP) is 3.40. The lowest BCUT2D eigenvalue weighted by Crippen LogP contribution is -2.25. The van der Waals surface area contributed by atoms with Gasteiger partial charge >= 0.3 is 0 Å². The third-order valence-corrected chi connectivity index (χ3v) is 4.82. The average molecular weight is 294 g/mol. The van der Waals surface area contributed by atoms with Crippen LogP contribution < -0.4 is 5.32 Å². The lowest BCUT2D eigenvalue weighted by Gasteiger charge is -2.26. The Morgan fingerprint density at radius 3 is 3.21 bits per heavy atom. The van der Waals surface area contributed by atoms with E-state index in [0.717, 1.165) is 23.7 Å². The fraction of sp³-hybridized carbons (Fsp3) is 0.357. The van der Waals surface area contributed by atoms with Gasteiger partial charge in [0.15, 0.2) is 0 Å². The van der Waals surface area contributed by atoms with E-state index in [0.29, 0.717) is 6.04 Å². The Balaban J connectivity index is 1.76. The molecule has 100 valence electrons. The highest BCUT2D eigenvalue weighted by Crippen LogP contribution is 2.37. The second-order valence-electron chi connectivity index (χ2n) is 4.75. The summed E-state index contributed by atoms with van der Waals surface area (Å²) in [5.74, 6) is 1.15. The van der Waals surface area contributed by atoms with E-state index in [4.69, 9.17) is 11.6 Å². The van der Waals surface area contributed by atoms with Crippen molar-refractivity contribution in [3.05, 3.63) is 47.0 Å². The number of imidazole rings is 1. The molecule has 2 aromatic rings. The van der Waals surface area contributed by atoms with E-state index in [1.165, 1.54) is 16.2 Å². The van der Waals surface area contributed by atoms with Crippen LogP contribution in [0.3, 0.4) is 0 Å². The Hall–Kier alpha value is -0.970. The number of nitrogens with zero attached hydrogens (tertiary/aromatic N) is 2. The van der Waals surface area contributed by atoms with Crippen LogP contribution in [-0.4, -0.2) is 15.3 Å². The number of rotatable bonds is 3. The van der Waals surface area contributed by atoms with Gasteiger partial charge in [-0.05, 0) is 35.9 Å². The van der Waals surface area contributed by atoms with E-state index in [-0.39, 0.29) is 0 Å². The van der Waals surface area contributed by atoms with Crippen molar-refractivity contribution in [1.29, 1.82) is 0 Å². The van der Waals surface area contributed by atoms with E-state index in [2.05, 4.69) is 22.4 Å². The maximum absolute atomic E-state index is 6.12. The monoisotopic (exact) mass is 293 g/mol. The van der Waals surface area contributed by atoms with Gasteiger partial charge in [-0.15, -0.1) is 11.8 Å². The Morgan fingerprint density at radius 1 is 1.53 bits per heavy atom. The van der Waals surface area contributed by atoms with Crippen molar-refractivity contribution in [3.8, 4) is 0 Å². The minimum Gasteiger partial charge on any atom is -0.337 e. The smallest absolute Gasteiger partial charge is 0.0945 e. The van der Waals surface area contributed by atoms with Gasteiger partial charge in [-0.1, -0.05) is 11.6 Å². The van der Waals surface area contributed by atoms with Gasteiger partial charge in [0.2, 0.25) is 0 Å². The fourth-order valence-electron chi connectivity index (χ4n) is 2.36. The van der Waals surface area contributed by atoms with Crippen molar-refractivity contribution < 1.29 is 0 Å². The van der Waals surface area contributed by atoms with Crippen LogP contribution in [0.15, 0.2) is 35.6 Å². The molecule has 0 saturated heterocycles. The van der Waals surface area contributed by atoms with Gasteiger partial charge in [-0.25, -0.2) is 4.98 Å². The first kappa shape index (κ1) is 13.0. The molecule has 0 fully saturated rings. The standard InChI is InChI=1S/C14H16ClN3S/c1-18-9-16-7-11(18)8-17-13-4-5-19-14-3-2-10(15)6-12(13)14/h2-3,6-7,9,13,17H,4-5,8H2,1H3/t13-/m1/s1. The minimum absolute atomic E-state index is 0.379. The maximum Gasteiger partial charge on any atom is 0.0945 e. The molecule has 1 aliphatic heterocycles. The number of aromatic nitrogens is 2. The molecule has 1 aromatic heterocycles. The topological polar surface area (TPSA) is 29.9 Å². The zero-order chi connectivity index (χ0) is 13.2. The molecule has 0 spiro atoms. The number of thioether (sulfide) groups is 1. The second-order valence-corrected chi connectivity index (χ2v) is 6.32. The Kier molecular flexibility index (Phi) is 3.82. The van der Waals surface area contributed by atoms with E-state index < -0.39 is 0 Å². The molecule has 0 bridgehead atoms. The molecule has 3 nitrogen and oxygen atoms in total. The SMILES string of the molecule is Cn1cncc1CN[C@@H]1CCSc2ccc(Cl)cc21. The van der Waals surface area contributed by atoms with Crippen molar-refractivity contribution in [2.75, 3.05) is 5.75 Å². The number of halogens is 1. The summed E-state index contributed by atoms with van der Waals surface area (Å²) in [7, 11) is 2.02. The summed E-state index contributed by atoms with van der Waals surface area (Å²) in [6.45, 7) is 0.831. The zero-order valence-electron chi connectivity index (χ0n) is 10.8. The van der Waals surface area contributed by atoms with Crippen LogP contribution in [0, 0.1) is 0 Å². The molecule has 19 heavy (non-hydrogen) atoms. The van der Waals surface area contributed by atoms with Crippen molar-refractivity contribution in [2.45, 2.75) is 23.9 Å². The molecule has 1 atom stereocenters. The quantitative estimate of drug-likeness (QED) is 0.941. The Bertz CT molecular complexity index is 582. The van der Waals surface area contributed by atoms with E-state index in [1.54, 1.807) is 0 Å². The number of hydrogen-bond acceptors (Lipinski definition) is 3. The summed E-state index contributed by atoms with van der Waals surface area (Å²) >= 11 is 8.03. The second kappa shape index (κ2) is 5.57. The molecule has 2 heterocycles. The third-order valence-electron chi connectivity index (χ3n) is 3.46. The van der Waals surface area contributed by atoms with Crippen molar-refractivity contribution in [1.82, 2.24) is 14.9 Å². The van der Waals surface area contributed by atoms with Gasteiger partial charge < -0.3 is 9.88 Å². The summed E-state index contributed by atoms with van der Waals surface area (Å²) in [6.07, 6.45) is 4.87. The molecule has 0 unspecified atom stereocenters. The van der Waals surface area contributed by atoms with Gasteiger partial charge in [0.1, 0.15) is 0 Å². The molecule has 5 heteroatoms. The van der Waals surface area contributed by atoms with Crippen LogP contribution in [-0.2, 0) is 13.6 Å². The van der Waals surface area contributed by atoms with Crippen LogP contribution in [0.5, 0.6) is 0 Å². The highest BCUT2D eigenvalue weighted by atomic mass is 35.5. The van der Waals surface area contributed by atoms with Gasteiger partial charge in [0, 0.05) is 35.7 Å². The number of fused-ring (bicyclic) bond motifs is 1. The Morgan fingerprint density at radius 2 is 2.42 bits per heavy atom. The third kappa shape index (κ3) is 2.81. The van der Waals surface area contributed by atoms with Crippen molar-refractivity contribution in [2.24, 2.45) is 7.05 Å². The van der Waals surface area contributed by atoms with Crippen LogP contribution in [0.1, 0.15) is 23.7 Å². The van der Waals surface area contributed by atoms with Gasteiger partial charge in [-0.2, -0.15) is 0 Å². The molecule has 3 rings (SSSR count). The van der Waals surface area contributed by atoms with Crippen molar-refractivity contribution in [3.63, 3.8) is 0 Å². The number of aryl methyl sites for hydroxylation is 1. The molecule has 0 radical (unpaired) electrons. The van der Waals surface area contributed by atoms with Crippen LogP contribution >= 0.6 is 23.4 Å². The largest absolute Gasteiger partial charge is 0.337 e. The summed E-state index contributed by atoms with van der Waals surface area (Å²) in [6, 6.07) is 6.56. The summed E-state index contributed by atoms with van der Waals surface area (Å²) in [5, 5.41) is 4.43. The summed E-state index contributed by atoms with van der Waals surface area (Å²) in [4.78, 5) is 5.49. The lowest BCUT2D eigenvalue weighted by atomic mass is 10.0. The highest BCUT2D eigenvalue weighted by Gasteiger charge is 2.20. The normalized spacial score (nSPS) is 18.3. The van der Waals surface area contributed by atoms with Gasteiger partial charge in [0.25, 0.3) is 0 Å². The Labute approximate surface area is 122 Å². The van der Waals surface area contributed by atoms with Crippen LogP contribution in [0.2, 0.25) is 5.02 Å². The number of nitrogens with one attached hydrogen (secondary N) is 1. The van der Waals surface area contributed by atoms with Gasteiger partial charge in [0.05, 0.1) is 12.0 Å². The van der Waals surface area contributed by atoms with Crippen LogP contribution in [0.4, 0.5) is 0 Å². The minimum atomic E-state index is 0.379. The predicted molar refractivity (Wildman–Crippen MR) is 79.6 cm³/mol. The summed E-state index contributed by atoms with van der Waals surface area (Å²) in [5.41, 5.74) is 2.52. The first-order valence-electron chi connectivity index (χ1n) is 6.35. The molecule has 0 saturated carbocycles. The van der Waals surface area contributed by atoms with Crippen LogP contribution in [0.25, 0.3) is 0 Å².